The van der Waals surface area contributed by atoms with Gasteiger partial charge in [0.25, 0.3) is 0 Å². The molecule has 0 aliphatic heterocycles. The van der Waals surface area contributed by atoms with Crippen LogP contribution in [0.1, 0.15) is 367 Å². The van der Waals surface area contributed by atoms with E-state index in [0.717, 1.165) is 38.5 Å². The van der Waals surface area contributed by atoms with E-state index in [1.807, 2.05) is 0 Å². The Bertz CT molecular complexity index is 990. The maximum absolute atomic E-state index is 12.4. The molecule has 0 aromatic rings. The zero-order valence-corrected chi connectivity index (χ0v) is 47.1. The third-order valence-electron chi connectivity index (χ3n) is 15.2. The molecule has 2 unspecified atom stereocenters. The Hall–Kier alpha value is -1.14. The monoisotopic (exact) mass is 976 g/mol. The number of amides is 1. The summed E-state index contributed by atoms with van der Waals surface area (Å²) in [6, 6.07) is -0.535. The highest BCUT2D eigenvalue weighted by atomic mass is 16.5. The van der Waals surface area contributed by atoms with E-state index in [9.17, 15) is 19.8 Å². The van der Waals surface area contributed by atoms with Crippen LogP contribution in [-0.4, -0.2) is 47.4 Å². The van der Waals surface area contributed by atoms with E-state index in [1.54, 1.807) is 0 Å². The molecule has 6 nitrogen and oxygen atoms in total. The van der Waals surface area contributed by atoms with Crippen molar-refractivity contribution in [1.29, 1.82) is 0 Å². The normalized spacial score (nSPS) is 12.5. The quantitative estimate of drug-likeness (QED) is 0.0417. The Morgan fingerprint density at radius 1 is 0.348 bits per heavy atom. The molecule has 0 saturated heterocycles. The van der Waals surface area contributed by atoms with E-state index in [0.29, 0.717) is 25.9 Å². The summed E-state index contributed by atoms with van der Waals surface area (Å²) >= 11 is 0. The van der Waals surface area contributed by atoms with Gasteiger partial charge in [-0.25, -0.2) is 0 Å². The van der Waals surface area contributed by atoms with E-state index < -0.39 is 12.1 Å². The summed E-state index contributed by atoms with van der Waals surface area (Å²) in [5.74, 6) is -0.00942. The van der Waals surface area contributed by atoms with Gasteiger partial charge in [0, 0.05) is 12.8 Å². The molecule has 0 fully saturated rings. The van der Waals surface area contributed by atoms with Gasteiger partial charge >= 0.3 is 5.97 Å². The fourth-order valence-electron chi connectivity index (χ4n) is 10.3. The van der Waals surface area contributed by atoms with Crippen LogP contribution in [0, 0.1) is 0 Å². The van der Waals surface area contributed by atoms with E-state index in [4.69, 9.17) is 4.74 Å². The Morgan fingerprint density at radius 3 is 0.884 bits per heavy atom. The van der Waals surface area contributed by atoms with Crippen molar-refractivity contribution in [2.45, 2.75) is 379 Å². The van der Waals surface area contributed by atoms with Crippen molar-refractivity contribution >= 4 is 11.9 Å². The topological polar surface area (TPSA) is 95.9 Å². The van der Waals surface area contributed by atoms with E-state index >= 15 is 0 Å². The number of aliphatic hydroxyl groups excluding tert-OH is 2. The summed E-state index contributed by atoms with van der Waals surface area (Å²) in [6.07, 6.45) is 70.0. The van der Waals surface area contributed by atoms with Gasteiger partial charge in [0.2, 0.25) is 5.91 Å². The van der Waals surface area contributed by atoms with Gasteiger partial charge in [0.15, 0.2) is 0 Å². The van der Waals surface area contributed by atoms with Gasteiger partial charge < -0.3 is 20.3 Å². The van der Waals surface area contributed by atoms with Crippen molar-refractivity contribution in [3.05, 3.63) is 0 Å². The highest BCUT2D eigenvalue weighted by Gasteiger charge is 2.20. The number of ether oxygens (including phenoxy) is 1. The number of esters is 1. The number of carbonyl (C=O) groups excluding carboxylic acids is 2. The molecule has 0 aliphatic carbocycles. The highest BCUT2D eigenvalue weighted by Crippen LogP contribution is 2.19. The second kappa shape index (κ2) is 59.4. The fraction of sp³-hybridized carbons (Fsp3) is 0.968. The van der Waals surface area contributed by atoms with Gasteiger partial charge in [0.1, 0.15) is 0 Å². The Kier molecular flexibility index (Phi) is 58.4. The van der Waals surface area contributed by atoms with Crippen molar-refractivity contribution in [3.63, 3.8) is 0 Å². The van der Waals surface area contributed by atoms with Gasteiger partial charge in [-0.1, -0.05) is 328 Å². The van der Waals surface area contributed by atoms with Gasteiger partial charge in [-0.15, -0.1) is 0 Å². The maximum Gasteiger partial charge on any atom is 0.305 e. The minimum atomic E-state index is -0.658. The lowest BCUT2D eigenvalue weighted by molar-refractivity contribution is -0.143. The molecule has 0 aliphatic rings. The first-order chi connectivity index (χ1) is 34.0. The fourth-order valence-corrected chi connectivity index (χ4v) is 10.3. The van der Waals surface area contributed by atoms with Crippen LogP contribution in [0.15, 0.2) is 0 Å². The number of hydrogen-bond acceptors (Lipinski definition) is 5. The number of carbonyl (C=O) groups is 2. The SMILES string of the molecule is CCCCCCCCCCCCCC(=O)OCCCCCCCCCCCCCCCCCCCCCCCCCCCCCCCCC(=O)NC(CO)C(O)CCCCCCCCCCCCC. The molecule has 0 spiro atoms. The van der Waals surface area contributed by atoms with Gasteiger partial charge in [0.05, 0.1) is 25.4 Å². The summed E-state index contributed by atoms with van der Waals surface area (Å²) in [5, 5.41) is 23.2. The molecule has 0 rings (SSSR count). The molecule has 412 valence electrons. The van der Waals surface area contributed by atoms with E-state index in [-0.39, 0.29) is 18.5 Å². The minimum Gasteiger partial charge on any atom is -0.466 e. The zero-order chi connectivity index (χ0) is 50.0. The summed E-state index contributed by atoms with van der Waals surface area (Å²) in [7, 11) is 0. The number of unbranched alkanes of at least 4 members (excludes halogenated alkanes) is 49. The van der Waals surface area contributed by atoms with Gasteiger partial charge in [-0.2, -0.15) is 0 Å². The molecule has 0 bridgehead atoms. The third kappa shape index (κ3) is 56.0. The van der Waals surface area contributed by atoms with Gasteiger partial charge in [-0.3, -0.25) is 9.59 Å². The Labute approximate surface area is 432 Å². The Morgan fingerprint density at radius 2 is 0.594 bits per heavy atom. The van der Waals surface area contributed by atoms with Crippen molar-refractivity contribution in [2.75, 3.05) is 13.2 Å². The van der Waals surface area contributed by atoms with Crippen LogP contribution in [0.5, 0.6) is 0 Å². The number of hydrogen-bond donors (Lipinski definition) is 3. The summed E-state index contributed by atoms with van der Waals surface area (Å²) in [6.45, 7) is 4.97. The first kappa shape index (κ1) is 67.9. The van der Waals surface area contributed by atoms with Crippen LogP contribution in [0.3, 0.4) is 0 Å². The molecule has 0 radical (unpaired) electrons. The predicted molar refractivity (Wildman–Crippen MR) is 301 cm³/mol. The highest BCUT2D eigenvalue weighted by molar-refractivity contribution is 5.76. The number of nitrogens with one attached hydrogen (secondary N) is 1. The number of aliphatic hydroxyl groups is 2. The lowest BCUT2D eigenvalue weighted by Crippen LogP contribution is -2.45. The number of rotatable bonds is 60. The molecule has 0 aromatic heterocycles. The van der Waals surface area contributed by atoms with Crippen molar-refractivity contribution in [2.24, 2.45) is 0 Å². The van der Waals surface area contributed by atoms with Crippen molar-refractivity contribution < 1.29 is 24.5 Å². The van der Waals surface area contributed by atoms with Crippen LogP contribution in [0.25, 0.3) is 0 Å². The molecular formula is C63H125NO5. The molecule has 1 amide bonds. The molecule has 0 saturated carbocycles. The molecule has 2 atom stereocenters. The Balaban J connectivity index is 3.30. The van der Waals surface area contributed by atoms with Crippen LogP contribution >= 0.6 is 0 Å². The van der Waals surface area contributed by atoms with Crippen LogP contribution < -0.4 is 5.32 Å². The zero-order valence-electron chi connectivity index (χ0n) is 47.1. The average Bonchev–Trinajstić information content (AvgIpc) is 3.35. The largest absolute Gasteiger partial charge is 0.466 e. The van der Waals surface area contributed by atoms with Crippen LogP contribution in [0.2, 0.25) is 0 Å². The van der Waals surface area contributed by atoms with E-state index in [2.05, 4.69) is 19.2 Å². The lowest BCUT2D eigenvalue weighted by Gasteiger charge is -2.22. The summed E-state index contributed by atoms with van der Waals surface area (Å²) < 4.78 is 5.47. The molecule has 69 heavy (non-hydrogen) atoms. The van der Waals surface area contributed by atoms with Crippen LogP contribution in [-0.2, 0) is 14.3 Å². The van der Waals surface area contributed by atoms with Crippen molar-refractivity contribution in [3.8, 4) is 0 Å². The average molecular weight is 977 g/mol. The van der Waals surface area contributed by atoms with Gasteiger partial charge in [-0.05, 0) is 25.7 Å². The minimum absolute atomic E-state index is 0.0205. The maximum atomic E-state index is 12.4. The standard InChI is InChI=1S/C63H125NO5/c1-3-5-7-9-11-13-35-39-43-47-51-55-61(66)60(59-65)64-62(67)56-52-48-44-40-37-33-31-29-27-25-23-21-19-17-15-16-18-20-22-24-26-28-30-32-34-38-42-46-50-54-58-69-63(68)57-53-49-45-41-36-14-12-10-8-6-4-2/h60-61,65-66H,3-59H2,1-2H3,(H,64,67). The van der Waals surface area contributed by atoms with E-state index in [1.165, 1.54) is 295 Å². The second-order valence-electron chi connectivity index (χ2n) is 22.1. The first-order valence-corrected chi connectivity index (χ1v) is 31.8. The summed E-state index contributed by atoms with van der Waals surface area (Å²) in [5.41, 5.74) is 0. The predicted octanol–water partition coefficient (Wildman–Crippen LogP) is 19.9. The molecular weight excluding hydrogens is 851 g/mol. The molecule has 0 aromatic carbocycles. The smallest absolute Gasteiger partial charge is 0.305 e. The lowest BCUT2D eigenvalue weighted by atomic mass is 10.0. The van der Waals surface area contributed by atoms with Crippen molar-refractivity contribution in [1.82, 2.24) is 5.32 Å². The first-order valence-electron chi connectivity index (χ1n) is 31.8. The summed E-state index contributed by atoms with van der Waals surface area (Å²) in [4.78, 5) is 24.4. The van der Waals surface area contributed by atoms with Crippen LogP contribution in [0.4, 0.5) is 0 Å². The molecule has 0 heterocycles. The third-order valence-corrected chi connectivity index (χ3v) is 15.2. The molecule has 3 N–H and O–H groups in total. The molecule has 6 heteroatoms. The second-order valence-corrected chi connectivity index (χ2v) is 22.1.